The van der Waals surface area contributed by atoms with Crippen molar-refractivity contribution >= 4 is 0 Å². The summed E-state index contributed by atoms with van der Waals surface area (Å²) in [6.45, 7) is -0.888. The first-order valence-corrected chi connectivity index (χ1v) is 7.22. The molecule has 0 saturated carbocycles. The van der Waals surface area contributed by atoms with Crippen molar-refractivity contribution in [3.63, 3.8) is 0 Å². The molecule has 2 heterocycles. The molecule has 0 aromatic heterocycles. The molecule has 2 aliphatic rings. The first-order chi connectivity index (χ1) is 10.8. The van der Waals surface area contributed by atoms with Crippen molar-refractivity contribution in [1.29, 1.82) is 0 Å². The van der Waals surface area contributed by atoms with E-state index in [1.807, 2.05) is 0 Å². The molecule has 10 N–H and O–H groups in total. The minimum atomic E-state index is -1.49. The van der Waals surface area contributed by atoms with E-state index in [2.05, 4.69) is 0 Å². The molecule has 2 saturated heterocycles. The summed E-state index contributed by atoms with van der Waals surface area (Å²) < 4.78 is 15.6. The van der Waals surface area contributed by atoms with Crippen LogP contribution in [0, 0.1) is 0 Å². The molecule has 11 heteroatoms. The number of aliphatic hydroxyl groups excluding tert-OH is 6. The van der Waals surface area contributed by atoms with Gasteiger partial charge in [0.05, 0.1) is 25.3 Å². The zero-order valence-corrected chi connectivity index (χ0v) is 12.3. The summed E-state index contributed by atoms with van der Waals surface area (Å²) in [5.74, 6) is 0. The van der Waals surface area contributed by atoms with Crippen molar-refractivity contribution in [1.82, 2.24) is 0 Å². The second-order valence-corrected chi connectivity index (χ2v) is 5.74. The van der Waals surface area contributed by atoms with Crippen LogP contribution in [0.1, 0.15) is 0 Å². The maximum absolute atomic E-state index is 9.87. The van der Waals surface area contributed by atoms with E-state index >= 15 is 0 Å². The molecule has 0 amide bonds. The average molecular weight is 340 g/mol. The van der Waals surface area contributed by atoms with E-state index in [4.69, 9.17) is 30.8 Å². The highest BCUT2D eigenvalue weighted by atomic mass is 16.7. The highest BCUT2D eigenvalue weighted by molar-refractivity contribution is 4.93. The fraction of sp³-hybridized carbons (Fsp3) is 1.00. The minimum Gasteiger partial charge on any atom is -0.394 e. The number of nitrogens with two attached hydrogens (primary N) is 2. The maximum Gasteiger partial charge on any atom is 0.175 e. The molecule has 0 bridgehead atoms. The van der Waals surface area contributed by atoms with Crippen LogP contribution in [0.5, 0.6) is 0 Å². The van der Waals surface area contributed by atoms with Crippen LogP contribution in [-0.2, 0) is 14.2 Å². The topological polar surface area (TPSA) is 201 Å². The molecule has 0 spiro atoms. The molecule has 136 valence electrons. The van der Waals surface area contributed by atoms with E-state index < -0.39 is 67.9 Å². The Kier molecular flexibility index (Phi) is 6.27. The van der Waals surface area contributed by atoms with Gasteiger partial charge in [0.1, 0.15) is 36.6 Å². The molecule has 11 nitrogen and oxygen atoms in total. The standard InChI is InChI=1S/C12H24N2O9/c13-5-9(18)8(17)4(22-11(5)20)2-21-12-6(14)10(19)7(16)3(1-15)23-12/h3-12,15-20H,1-2,13-14H2/t3-,4-,5-,6-,7+,8+,9-,10-,11?,12+/m1/s1. The lowest BCUT2D eigenvalue weighted by molar-refractivity contribution is -0.294. The lowest BCUT2D eigenvalue weighted by Crippen LogP contribution is -2.64. The molecule has 1 unspecified atom stereocenters. The van der Waals surface area contributed by atoms with Gasteiger partial charge in [-0.3, -0.25) is 0 Å². The summed E-state index contributed by atoms with van der Waals surface area (Å²) >= 11 is 0. The summed E-state index contributed by atoms with van der Waals surface area (Å²) in [7, 11) is 0. The first kappa shape index (κ1) is 18.9. The van der Waals surface area contributed by atoms with Gasteiger partial charge in [-0.1, -0.05) is 0 Å². The van der Waals surface area contributed by atoms with E-state index in [1.54, 1.807) is 0 Å². The fourth-order valence-electron chi connectivity index (χ4n) is 2.55. The van der Waals surface area contributed by atoms with E-state index in [1.165, 1.54) is 0 Å². The zero-order chi connectivity index (χ0) is 17.3. The average Bonchev–Trinajstić information content (AvgIpc) is 2.54. The van der Waals surface area contributed by atoms with E-state index in [0.29, 0.717) is 0 Å². The van der Waals surface area contributed by atoms with Crippen molar-refractivity contribution in [2.24, 2.45) is 11.5 Å². The van der Waals surface area contributed by atoms with Crippen LogP contribution in [-0.4, -0.2) is 105 Å². The monoisotopic (exact) mass is 340 g/mol. The van der Waals surface area contributed by atoms with Gasteiger partial charge in [-0.25, -0.2) is 0 Å². The molecule has 2 aliphatic heterocycles. The molecule has 0 aromatic carbocycles. The van der Waals surface area contributed by atoms with Gasteiger partial charge in [0, 0.05) is 0 Å². The summed E-state index contributed by atoms with van der Waals surface area (Å²) in [5.41, 5.74) is 11.1. The summed E-state index contributed by atoms with van der Waals surface area (Å²) in [5, 5.41) is 57.7. The Hall–Kier alpha value is -0.440. The molecule has 0 aromatic rings. The zero-order valence-electron chi connectivity index (χ0n) is 12.3. The SMILES string of the molecule is N[C@H]1[C@@H](OC[C@H]2OC(O)[C@H](N)[C@@H](O)[C@H]2O)O[C@H](CO)[C@H](O)[C@@H]1O. The molecular formula is C12H24N2O9. The summed E-state index contributed by atoms with van der Waals surface area (Å²) in [4.78, 5) is 0. The first-order valence-electron chi connectivity index (χ1n) is 7.22. The predicted molar refractivity (Wildman–Crippen MR) is 72.6 cm³/mol. The predicted octanol–water partition coefficient (Wildman–Crippen LogP) is -5.46. The van der Waals surface area contributed by atoms with Crippen LogP contribution in [0.25, 0.3) is 0 Å². The van der Waals surface area contributed by atoms with Crippen LogP contribution in [0.3, 0.4) is 0 Å². The van der Waals surface area contributed by atoms with Crippen LogP contribution in [0.2, 0.25) is 0 Å². The second-order valence-electron chi connectivity index (χ2n) is 5.74. The third-order valence-electron chi connectivity index (χ3n) is 4.12. The quantitative estimate of drug-likeness (QED) is 0.242. The lowest BCUT2D eigenvalue weighted by Gasteiger charge is -2.42. The molecule has 10 atom stereocenters. The number of rotatable bonds is 4. The van der Waals surface area contributed by atoms with Gasteiger partial charge in [0.25, 0.3) is 0 Å². The summed E-state index contributed by atoms with van der Waals surface area (Å²) in [6.07, 6.45) is -10.4. The van der Waals surface area contributed by atoms with Crippen LogP contribution in [0.4, 0.5) is 0 Å². The number of hydrogen-bond acceptors (Lipinski definition) is 11. The summed E-state index contributed by atoms with van der Waals surface area (Å²) in [6, 6.07) is -2.27. The van der Waals surface area contributed by atoms with Gasteiger partial charge in [-0.05, 0) is 0 Å². The third-order valence-corrected chi connectivity index (χ3v) is 4.12. The lowest BCUT2D eigenvalue weighted by atomic mass is 9.97. The number of ether oxygens (including phenoxy) is 3. The maximum atomic E-state index is 9.87. The third kappa shape index (κ3) is 3.81. The molecule has 0 aliphatic carbocycles. The van der Waals surface area contributed by atoms with Crippen molar-refractivity contribution in [3.8, 4) is 0 Å². The Morgan fingerprint density at radius 1 is 0.783 bits per heavy atom. The molecular weight excluding hydrogens is 316 g/mol. The van der Waals surface area contributed by atoms with Gasteiger partial charge >= 0.3 is 0 Å². The minimum absolute atomic E-state index is 0.332. The Morgan fingerprint density at radius 3 is 1.96 bits per heavy atom. The Labute approximate surface area is 132 Å². The Bertz CT molecular complexity index is 388. The highest BCUT2D eigenvalue weighted by Gasteiger charge is 2.45. The molecule has 2 fully saturated rings. The van der Waals surface area contributed by atoms with Gasteiger partial charge in [0.2, 0.25) is 0 Å². The molecule has 2 rings (SSSR count). The molecule has 0 radical (unpaired) electrons. The van der Waals surface area contributed by atoms with Crippen molar-refractivity contribution in [2.75, 3.05) is 13.2 Å². The van der Waals surface area contributed by atoms with Crippen molar-refractivity contribution in [2.45, 2.75) is 61.3 Å². The van der Waals surface area contributed by atoms with Crippen molar-refractivity contribution < 1.29 is 44.8 Å². The van der Waals surface area contributed by atoms with Crippen molar-refractivity contribution in [3.05, 3.63) is 0 Å². The largest absolute Gasteiger partial charge is 0.394 e. The van der Waals surface area contributed by atoms with Gasteiger partial charge < -0.3 is 56.3 Å². The normalized spacial score (nSPS) is 51.7. The number of aliphatic hydroxyl groups is 6. The van der Waals surface area contributed by atoms with Crippen LogP contribution in [0.15, 0.2) is 0 Å². The van der Waals surface area contributed by atoms with Crippen LogP contribution < -0.4 is 11.5 Å². The van der Waals surface area contributed by atoms with Gasteiger partial charge in [-0.15, -0.1) is 0 Å². The van der Waals surface area contributed by atoms with Gasteiger partial charge in [0.15, 0.2) is 12.6 Å². The van der Waals surface area contributed by atoms with Crippen LogP contribution >= 0.6 is 0 Å². The highest BCUT2D eigenvalue weighted by Crippen LogP contribution is 2.23. The molecule has 23 heavy (non-hydrogen) atoms. The Morgan fingerprint density at radius 2 is 1.35 bits per heavy atom. The smallest absolute Gasteiger partial charge is 0.175 e. The fourth-order valence-corrected chi connectivity index (χ4v) is 2.55. The van der Waals surface area contributed by atoms with Gasteiger partial charge in [-0.2, -0.15) is 0 Å². The number of hydrogen-bond donors (Lipinski definition) is 8. The van der Waals surface area contributed by atoms with E-state index in [0.717, 1.165) is 0 Å². The Balaban J connectivity index is 1.94. The van der Waals surface area contributed by atoms with E-state index in [-0.39, 0.29) is 6.61 Å². The van der Waals surface area contributed by atoms with E-state index in [9.17, 15) is 25.5 Å². The second kappa shape index (κ2) is 7.63.